The first-order valence-electron chi connectivity index (χ1n) is 6.53. The minimum atomic E-state index is -1.03. The van der Waals surface area contributed by atoms with Crippen molar-refractivity contribution in [3.8, 4) is 5.75 Å². The molecular weight excluding hydrogens is 317 g/mol. The van der Waals surface area contributed by atoms with Gasteiger partial charge in [-0.15, -0.1) is 0 Å². The maximum absolute atomic E-state index is 12.0. The predicted octanol–water partition coefficient (Wildman–Crippen LogP) is 2.70. The third-order valence-corrected chi connectivity index (χ3v) is 3.85. The highest BCUT2D eigenvalue weighted by atomic mass is 35.5. The Bertz CT molecular complexity index is 546. The fourth-order valence-electron chi connectivity index (χ4n) is 1.83. The zero-order valence-electron chi connectivity index (χ0n) is 11.2. The highest BCUT2D eigenvalue weighted by Gasteiger charge is 2.28. The smallest absolute Gasteiger partial charge is 0.323 e. The van der Waals surface area contributed by atoms with Crippen LogP contribution in [0.15, 0.2) is 18.2 Å². The van der Waals surface area contributed by atoms with Crippen LogP contribution in [0.5, 0.6) is 5.75 Å². The van der Waals surface area contributed by atoms with Crippen LogP contribution in [0.1, 0.15) is 12.8 Å². The molecule has 1 aliphatic carbocycles. The number of carboxylic acids is 1. The average Bonchev–Trinajstić information content (AvgIpc) is 3.22. The second kappa shape index (κ2) is 7.00. The van der Waals surface area contributed by atoms with E-state index >= 15 is 0 Å². The molecule has 0 aromatic heterocycles. The molecule has 1 N–H and O–H groups in total. The van der Waals surface area contributed by atoms with Crippen LogP contribution >= 0.6 is 23.2 Å². The Kier molecular flexibility index (Phi) is 5.31. The Hall–Kier alpha value is -1.46. The molecule has 5 nitrogen and oxygen atoms in total. The normalized spacial score (nSPS) is 13.8. The highest BCUT2D eigenvalue weighted by Crippen LogP contribution is 2.30. The molecule has 0 heterocycles. The molecule has 0 unspecified atom stereocenters. The summed E-state index contributed by atoms with van der Waals surface area (Å²) in [5.41, 5.74) is 0. The van der Waals surface area contributed by atoms with E-state index in [1.165, 1.54) is 11.0 Å². The number of nitrogens with zero attached hydrogens (tertiary/aromatic N) is 1. The van der Waals surface area contributed by atoms with E-state index in [0.29, 0.717) is 28.3 Å². The largest absolute Gasteiger partial charge is 0.484 e. The minimum Gasteiger partial charge on any atom is -0.484 e. The number of benzene rings is 1. The Labute approximate surface area is 132 Å². The van der Waals surface area contributed by atoms with Crippen molar-refractivity contribution < 1.29 is 19.4 Å². The zero-order valence-corrected chi connectivity index (χ0v) is 12.7. The molecular formula is C14H15Cl2NO4. The summed E-state index contributed by atoms with van der Waals surface area (Å²) in [6.07, 6.45) is 2.08. The van der Waals surface area contributed by atoms with Crippen molar-refractivity contribution in [1.29, 1.82) is 0 Å². The number of carboxylic acid groups (broad SMARTS) is 1. The Morgan fingerprint density at radius 2 is 2.00 bits per heavy atom. The molecule has 1 aromatic carbocycles. The molecule has 0 spiro atoms. The topological polar surface area (TPSA) is 66.8 Å². The fraction of sp³-hybridized carbons (Fsp3) is 0.429. The lowest BCUT2D eigenvalue weighted by molar-refractivity contribution is -0.145. The molecule has 7 heteroatoms. The molecule has 0 bridgehead atoms. The van der Waals surface area contributed by atoms with E-state index in [4.69, 9.17) is 33.0 Å². The summed E-state index contributed by atoms with van der Waals surface area (Å²) in [5, 5.41) is 9.59. The molecule has 1 fully saturated rings. The quantitative estimate of drug-likeness (QED) is 0.834. The summed E-state index contributed by atoms with van der Waals surface area (Å²) in [6, 6.07) is 4.69. The second-order valence-corrected chi connectivity index (χ2v) is 5.79. The van der Waals surface area contributed by atoms with Gasteiger partial charge in [-0.25, -0.2) is 0 Å². The van der Waals surface area contributed by atoms with Crippen LogP contribution in [-0.2, 0) is 9.59 Å². The maximum atomic E-state index is 12.0. The molecule has 21 heavy (non-hydrogen) atoms. The van der Waals surface area contributed by atoms with Gasteiger partial charge in [-0.1, -0.05) is 23.2 Å². The first-order valence-corrected chi connectivity index (χ1v) is 7.28. The first kappa shape index (κ1) is 15.9. The number of hydrogen-bond acceptors (Lipinski definition) is 3. The summed E-state index contributed by atoms with van der Waals surface area (Å²) in [6.45, 7) is -0.0616. The molecule has 0 saturated heterocycles. The van der Waals surface area contributed by atoms with Gasteiger partial charge in [-0.3, -0.25) is 9.59 Å². The van der Waals surface area contributed by atoms with E-state index < -0.39 is 5.97 Å². The molecule has 1 saturated carbocycles. The molecule has 0 radical (unpaired) electrons. The van der Waals surface area contributed by atoms with Crippen molar-refractivity contribution in [2.24, 2.45) is 5.92 Å². The molecule has 0 aliphatic heterocycles. The van der Waals surface area contributed by atoms with Gasteiger partial charge in [0.05, 0.1) is 10.0 Å². The van der Waals surface area contributed by atoms with E-state index in [2.05, 4.69) is 0 Å². The van der Waals surface area contributed by atoms with E-state index in [9.17, 15) is 9.59 Å². The van der Waals surface area contributed by atoms with Crippen LogP contribution < -0.4 is 4.74 Å². The van der Waals surface area contributed by atoms with Crippen LogP contribution in [0, 0.1) is 5.92 Å². The van der Waals surface area contributed by atoms with Crippen molar-refractivity contribution in [1.82, 2.24) is 4.90 Å². The fourth-order valence-corrected chi connectivity index (χ4v) is 2.12. The van der Waals surface area contributed by atoms with Crippen molar-refractivity contribution in [3.63, 3.8) is 0 Å². The van der Waals surface area contributed by atoms with Gasteiger partial charge in [0, 0.05) is 12.6 Å². The maximum Gasteiger partial charge on any atom is 0.323 e. The van der Waals surface area contributed by atoms with Gasteiger partial charge in [0.25, 0.3) is 5.91 Å². The lowest BCUT2D eigenvalue weighted by Gasteiger charge is -2.20. The number of carbonyl (C=O) groups is 2. The van der Waals surface area contributed by atoms with E-state index in [1.807, 2.05) is 0 Å². The van der Waals surface area contributed by atoms with Gasteiger partial charge in [0.1, 0.15) is 12.3 Å². The van der Waals surface area contributed by atoms with Gasteiger partial charge >= 0.3 is 5.97 Å². The zero-order chi connectivity index (χ0) is 15.4. The second-order valence-electron chi connectivity index (χ2n) is 4.98. The molecule has 114 valence electrons. The van der Waals surface area contributed by atoms with Crippen molar-refractivity contribution in [2.45, 2.75) is 12.8 Å². The summed E-state index contributed by atoms with van der Waals surface area (Å²) in [7, 11) is 0. The number of ether oxygens (including phenoxy) is 1. The number of hydrogen-bond donors (Lipinski definition) is 1. The number of carbonyl (C=O) groups excluding carboxylic acids is 1. The highest BCUT2D eigenvalue weighted by molar-refractivity contribution is 6.42. The van der Waals surface area contributed by atoms with Crippen LogP contribution in [0.2, 0.25) is 10.0 Å². The number of halogens is 2. The third-order valence-electron chi connectivity index (χ3n) is 3.11. The Balaban J connectivity index is 1.90. The molecule has 1 aliphatic rings. The Morgan fingerprint density at radius 3 is 2.57 bits per heavy atom. The van der Waals surface area contributed by atoms with Gasteiger partial charge in [-0.2, -0.15) is 0 Å². The summed E-state index contributed by atoms with van der Waals surface area (Å²) in [4.78, 5) is 24.2. The number of rotatable bonds is 7. The van der Waals surface area contributed by atoms with E-state index in [-0.39, 0.29) is 19.1 Å². The average molecular weight is 332 g/mol. The summed E-state index contributed by atoms with van der Waals surface area (Å²) >= 11 is 11.6. The van der Waals surface area contributed by atoms with E-state index in [0.717, 1.165) is 12.8 Å². The monoisotopic (exact) mass is 331 g/mol. The molecule has 1 aromatic rings. The molecule has 1 amide bonds. The summed E-state index contributed by atoms with van der Waals surface area (Å²) in [5.74, 6) is -0.549. The van der Waals surface area contributed by atoms with Gasteiger partial charge in [0.15, 0.2) is 6.61 Å². The lowest BCUT2D eigenvalue weighted by atomic mass is 10.3. The van der Waals surface area contributed by atoms with Crippen LogP contribution in [-0.4, -0.2) is 41.6 Å². The Morgan fingerprint density at radius 1 is 1.29 bits per heavy atom. The van der Waals surface area contributed by atoms with Gasteiger partial charge in [-0.05, 0) is 30.9 Å². The van der Waals surface area contributed by atoms with Crippen molar-refractivity contribution >= 4 is 35.1 Å². The van der Waals surface area contributed by atoms with Crippen molar-refractivity contribution in [3.05, 3.63) is 28.2 Å². The van der Waals surface area contributed by atoms with Gasteiger partial charge < -0.3 is 14.7 Å². The van der Waals surface area contributed by atoms with Crippen molar-refractivity contribution in [2.75, 3.05) is 19.7 Å². The minimum absolute atomic E-state index is 0.224. The predicted molar refractivity (Wildman–Crippen MR) is 78.9 cm³/mol. The number of amides is 1. The third kappa shape index (κ3) is 5.10. The van der Waals surface area contributed by atoms with Crippen LogP contribution in [0.4, 0.5) is 0 Å². The number of aliphatic carboxylic acids is 1. The van der Waals surface area contributed by atoms with E-state index in [1.54, 1.807) is 12.1 Å². The summed E-state index contributed by atoms with van der Waals surface area (Å²) < 4.78 is 5.34. The standard InChI is InChI=1S/C14H15Cl2NO4/c15-11-4-3-10(5-12(11)16)21-8-13(18)17(7-14(19)20)6-9-1-2-9/h3-5,9H,1-2,6-8H2,(H,19,20). The SMILES string of the molecule is O=C(O)CN(CC1CC1)C(=O)COc1ccc(Cl)c(Cl)c1. The lowest BCUT2D eigenvalue weighted by Crippen LogP contribution is -2.40. The first-order chi connectivity index (χ1) is 9.95. The van der Waals surface area contributed by atoms with Gasteiger partial charge in [0.2, 0.25) is 0 Å². The van der Waals surface area contributed by atoms with Crippen LogP contribution in [0.25, 0.3) is 0 Å². The molecule has 2 rings (SSSR count). The van der Waals surface area contributed by atoms with Crippen LogP contribution in [0.3, 0.4) is 0 Å². The molecule has 0 atom stereocenters.